The van der Waals surface area contributed by atoms with Crippen LogP contribution in [-0.2, 0) is 28.4 Å². The molecule has 6 rings (SSSR count). The van der Waals surface area contributed by atoms with Gasteiger partial charge in [-0.25, -0.2) is 0 Å². The molecular formula is C31H40N4O4. The van der Waals surface area contributed by atoms with Crippen LogP contribution in [0.15, 0.2) is 42.6 Å². The Hall–Kier alpha value is -2.94. The van der Waals surface area contributed by atoms with E-state index in [2.05, 4.69) is 33.6 Å². The highest BCUT2D eigenvalue weighted by molar-refractivity contribution is 5.90. The van der Waals surface area contributed by atoms with Crippen molar-refractivity contribution in [3.05, 3.63) is 59.5 Å². The molecule has 3 aromatic rings. The van der Waals surface area contributed by atoms with E-state index in [1.165, 1.54) is 10.9 Å². The van der Waals surface area contributed by atoms with Crippen LogP contribution in [0, 0.1) is 5.92 Å². The molecular weight excluding hydrogens is 492 g/mol. The van der Waals surface area contributed by atoms with Crippen molar-refractivity contribution < 1.29 is 19.4 Å². The van der Waals surface area contributed by atoms with Gasteiger partial charge in [0.15, 0.2) is 0 Å². The average Bonchev–Trinajstić information content (AvgIpc) is 3.27. The Morgan fingerprint density at radius 1 is 1.18 bits per heavy atom. The lowest BCUT2D eigenvalue weighted by Crippen LogP contribution is -2.56. The fraction of sp³-hybridized carbons (Fsp3) is 0.548. The number of benzene rings is 1. The molecule has 8 heteroatoms. The number of aryl methyl sites for hydroxylation is 1. The van der Waals surface area contributed by atoms with Gasteiger partial charge in [-0.05, 0) is 74.5 Å². The van der Waals surface area contributed by atoms with Crippen LogP contribution in [-0.4, -0.2) is 83.5 Å². The Kier molecular flexibility index (Phi) is 7.35. The number of ether oxygens (including phenoxy) is 2. The molecule has 3 aliphatic heterocycles. The molecule has 0 bridgehead atoms. The molecule has 0 aliphatic carbocycles. The van der Waals surface area contributed by atoms with Crippen LogP contribution < -0.4 is 4.74 Å². The molecule has 39 heavy (non-hydrogen) atoms. The third kappa shape index (κ3) is 4.83. The second-order valence-corrected chi connectivity index (χ2v) is 11.6. The SMILES string of the molecule is COc1ccc2c3c(n(C)c2c1)[C@@H](CO)N(C(=O)Cc1ccccn1)CC31CCN(CC2CCOCC2)CC1. The number of carbonyl (C=O) groups excluding carboxylic acids is 1. The highest BCUT2D eigenvalue weighted by Gasteiger charge is 2.49. The Morgan fingerprint density at radius 3 is 2.67 bits per heavy atom. The fourth-order valence-electron chi connectivity index (χ4n) is 7.25. The quantitative estimate of drug-likeness (QED) is 0.524. The van der Waals surface area contributed by atoms with Crippen molar-refractivity contribution in [2.75, 3.05) is 53.1 Å². The van der Waals surface area contributed by atoms with Crippen LogP contribution in [0.5, 0.6) is 5.75 Å². The first-order valence-electron chi connectivity index (χ1n) is 14.3. The zero-order chi connectivity index (χ0) is 27.0. The number of amides is 1. The van der Waals surface area contributed by atoms with Crippen molar-refractivity contribution in [1.29, 1.82) is 0 Å². The minimum absolute atomic E-state index is 0.0187. The van der Waals surface area contributed by atoms with E-state index in [1.54, 1.807) is 13.3 Å². The standard InChI is InChI=1S/C31H40N4O4/c1-33-26-18-24(38-2)6-7-25(26)29-30(33)27(20-36)35(28(37)17-23-5-3-4-12-32-23)21-31(29)10-13-34(14-11-31)19-22-8-15-39-16-9-22/h3-7,12,18,22,27,36H,8-11,13-17,19-21H2,1-2H3/t27-/m1/s1. The maximum Gasteiger partial charge on any atom is 0.229 e. The van der Waals surface area contributed by atoms with E-state index >= 15 is 0 Å². The average molecular weight is 533 g/mol. The number of aliphatic hydroxyl groups excluding tert-OH is 1. The van der Waals surface area contributed by atoms with Gasteiger partial charge in [0.05, 0.1) is 31.7 Å². The van der Waals surface area contributed by atoms with Gasteiger partial charge in [0, 0.05) is 67.8 Å². The summed E-state index contributed by atoms with van der Waals surface area (Å²) >= 11 is 0. The zero-order valence-electron chi connectivity index (χ0n) is 23.1. The second-order valence-electron chi connectivity index (χ2n) is 11.6. The molecule has 5 heterocycles. The first-order chi connectivity index (χ1) is 19.0. The minimum atomic E-state index is -0.398. The largest absolute Gasteiger partial charge is 0.497 e. The van der Waals surface area contributed by atoms with Gasteiger partial charge < -0.3 is 28.9 Å². The third-order valence-electron chi connectivity index (χ3n) is 9.37. The molecule has 3 aliphatic rings. The van der Waals surface area contributed by atoms with Gasteiger partial charge >= 0.3 is 0 Å². The number of nitrogens with zero attached hydrogens (tertiary/aromatic N) is 4. The van der Waals surface area contributed by atoms with E-state index in [1.807, 2.05) is 29.2 Å². The number of methoxy groups -OCH3 is 1. The summed E-state index contributed by atoms with van der Waals surface area (Å²) in [7, 11) is 3.75. The summed E-state index contributed by atoms with van der Waals surface area (Å²) in [6.07, 6.45) is 6.22. The molecule has 0 unspecified atom stereocenters. The number of aromatic nitrogens is 2. The topological polar surface area (TPSA) is 80.1 Å². The summed E-state index contributed by atoms with van der Waals surface area (Å²) < 4.78 is 13.3. The van der Waals surface area contributed by atoms with Crippen LogP contribution in [0.2, 0.25) is 0 Å². The van der Waals surface area contributed by atoms with Crippen molar-refractivity contribution in [2.45, 2.75) is 43.6 Å². The number of hydrogen-bond acceptors (Lipinski definition) is 6. The smallest absolute Gasteiger partial charge is 0.229 e. The lowest BCUT2D eigenvalue weighted by Gasteiger charge is -2.51. The van der Waals surface area contributed by atoms with E-state index in [-0.39, 0.29) is 24.3 Å². The highest BCUT2D eigenvalue weighted by atomic mass is 16.5. The van der Waals surface area contributed by atoms with Gasteiger partial charge in [0.1, 0.15) is 5.75 Å². The number of likely N-dealkylation sites (tertiary alicyclic amines) is 1. The van der Waals surface area contributed by atoms with Gasteiger partial charge in [0.25, 0.3) is 0 Å². The van der Waals surface area contributed by atoms with Gasteiger partial charge in [-0.2, -0.15) is 0 Å². The number of hydrogen-bond donors (Lipinski definition) is 1. The highest BCUT2D eigenvalue weighted by Crippen LogP contribution is 2.50. The second kappa shape index (κ2) is 10.9. The zero-order valence-corrected chi connectivity index (χ0v) is 23.1. The van der Waals surface area contributed by atoms with E-state index in [0.717, 1.165) is 81.2 Å². The number of piperidine rings is 1. The molecule has 2 fully saturated rings. The molecule has 1 amide bonds. The van der Waals surface area contributed by atoms with Crippen molar-refractivity contribution in [3.63, 3.8) is 0 Å². The Labute approximate surface area is 230 Å². The van der Waals surface area contributed by atoms with Gasteiger partial charge in [0.2, 0.25) is 5.91 Å². The van der Waals surface area contributed by atoms with Crippen LogP contribution >= 0.6 is 0 Å². The number of fused-ring (bicyclic) bond motifs is 4. The summed E-state index contributed by atoms with van der Waals surface area (Å²) in [6.45, 7) is 5.40. The van der Waals surface area contributed by atoms with Gasteiger partial charge in [-0.15, -0.1) is 0 Å². The van der Waals surface area contributed by atoms with Crippen LogP contribution in [0.4, 0.5) is 0 Å². The molecule has 1 N–H and O–H groups in total. The van der Waals surface area contributed by atoms with Crippen molar-refractivity contribution in [3.8, 4) is 5.75 Å². The summed E-state index contributed by atoms with van der Waals surface area (Å²) in [5, 5.41) is 11.9. The summed E-state index contributed by atoms with van der Waals surface area (Å²) in [4.78, 5) is 22.8. The molecule has 1 aromatic carbocycles. The molecule has 0 saturated carbocycles. The number of pyridine rings is 1. The van der Waals surface area contributed by atoms with Crippen LogP contribution in [0.1, 0.15) is 48.7 Å². The van der Waals surface area contributed by atoms with Crippen molar-refractivity contribution in [1.82, 2.24) is 19.4 Å². The predicted octanol–water partition coefficient (Wildman–Crippen LogP) is 3.46. The number of aliphatic hydroxyl groups is 1. The lowest BCUT2D eigenvalue weighted by molar-refractivity contribution is -0.136. The van der Waals surface area contributed by atoms with Crippen LogP contribution in [0.25, 0.3) is 10.9 Å². The van der Waals surface area contributed by atoms with E-state index in [9.17, 15) is 9.90 Å². The predicted molar refractivity (Wildman–Crippen MR) is 150 cm³/mol. The Morgan fingerprint density at radius 2 is 1.97 bits per heavy atom. The first kappa shape index (κ1) is 26.3. The minimum Gasteiger partial charge on any atom is -0.497 e. The van der Waals surface area contributed by atoms with Crippen LogP contribution in [0.3, 0.4) is 0 Å². The monoisotopic (exact) mass is 532 g/mol. The van der Waals surface area contributed by atoms with Crippen molar-refractivity contribution in [2.24, 2.45) is 13.0 Å². The Balaban J connectivity index is 1.37. The maximum atomic E-state index is 13.8. The van der Waals surface area contributed by atoms with E-state index < -0.39 is 6.04 Å². The summed E-state index contributed by atoms with van der Waals surface area (Å²) in [5.41, 5.74) is 4.04. The molecule has 8 nitrogen and oxygen atoms in total. The lowest BCUT2D eigenvalue weighted by atomic mass is 9.68. The summed E-state index contributed by atoms with van der Waals surface area (Å²) in [6, 6.07) is 11.6. The molecule has 2 aromatic heterocycles. The number of rotatable bonds is 6. The van der Waals surface area contributed by atoms with E-state index in [0.29, 0.717) is 12.5 Å². The Bertz CT molecular complexity index is 1310. The molecule has 1 atom stereocenters. The molecule has 0 radical (unpaired) electrons. The fourth-order valence-corrected chi connectivity index (χ4v) is 7.25. The first-order valence-corrected chi connectivity index (χ1v) is 14.3. The molecule has 2 saturated heterocycles. The van der Waals surface area contributed by atoms with Gasteiger partial charge in [-0.1, -0.05) is 6.07 Å². The maximum absolute atomic E-state index is 13.8. The number of carbonyl (C=O) groups is 1. The van der Waals surface area contributed by atoms with Gasteiger partial charge in [-0.3, -0.25) is 9.78 Å². The molecule has 1 spiro atoms. The molecule has 208 valence electrons. The normalized spacial score (nSPS) is 21.8. The summed E-state index contributed by atoms with van der Waals surface area (Å²) in [5.74, 6) is 1.53. The van der Waals surface area contributed by atoms with Crippen molar-refractivity contribution >= 4 is 16.8 Å². The third-order valence-corrected chi connectivity index (χ3v) is 9.37. The van der Waals surface area contributed by atoms with E-state index in [4.69, 9.17) is 9.47 Å².